The number of likely N-dealkylation sites (tertiary alicyclic amines) is 1. The normalized spacial score (nSPS) is 22.4. The highest BCUT2D eigenvalue weighted by Crippen LogP contribution is 2.45. The quantitative estimate of drug-likeness (QED) is 0.530. The lowest BCUT2D eigenvalue weighted by Crippen LogP contribution is -2.57. The Balaban J connectivity index is 1.26. The number of alkyl halides is 2. The molecule has 4 heterocycles. The van der Waals surface area contributed by atoms with E-state index in [0.29, 0.717) is 50.8 Å². The van der Waals surface area contributed by atoms with E-state index in [1.165, 1.54) is 5.56 Å². The zero-order valence-electron chi connectivity index (χ0n) is 23.7. The largest absolute Gasteiger partial charge is 0.497 e. The number of piperidine rings is 1. The highest BCUT2D eigenvalue weighted by molar-refractivity contribution is 5.94. The number of rotatable bonds is 7. The van der Waals surface area contributed by atoms with Gasteiger partial charge in [-0.15, -0.1) is 0 Å². The second kappa shape index (κ2) is 10.8. The molecule has 1 spiro atoms. The van der Waals surface area contributed by atoms with Gasteiger partial charge in [0, 0.05) is 63.1 Å². The number of hydrazine groups is 1. The molecule has 0 radical (unpaired) electrons. The number of benzene rings is 1. The number of aromatic nitrogens is 1. The van der Waals surface area contributed by atoms with Crippen molar-refractivity contribution in [2.75, 3.05) is 44.7 Å². The summed E-state index contributed by atoms with van der Waals surface area (Å²) in [4.78, 5) is 37.5. The van der Waals surface area contributed by atoms with Crippen LogP contribution in [-0.4, -0.2) is 78.0 Å². The second-order valence-electron chi connectivity index (χ2n) is 11.8. The number of pyridine rings is 1. The number of methoxy groups -OCH3 is 1. The molecule has 1 aromatic carbocycles. The Labute approximate surface area is 239 Å². The van der Waals surface area contributed by atoms with Crippen molar-refractivity contribution in [1.82, 2.24) is 25.6 Å². The fraction of sp³-hybridized carbons (Fsp3) is 0.567. The van der Waals surface area contributed by atoms with Crippen LogP contribution in [-0.2, 0) is 17.8 Å². The van der Waals surface area contributed by atoms with Gasteiger partial charge >= 0.3 is 6.03 Å². The van der Waals surface area contributed by atoms with Crippen molar-refractivity contribution in [3.63, 3.8) is 0 Å². The van der Waals surface area contributed by atoms with Crippen molar-refractivity contribution in [3.8, 4) is 5.75 Å². The Hall–Kier alpha value is -3.31. The molecule has 3 aliphatic heterocycles. The minimum Gasteiger partial charge on any atom is -0.497 e. The summed E-state index contributed by atoms with van der Waals surface area (Å²) in [5, 5.41) is 0. The first-order valence-electron chi connectivity index (χ1n) is 14.6. The molecule has 4 fully saturated rings. The number of amides is 3. The molecular weight excluding hydrogens is 530 g/mol. The number of hydrogen-bond acceptors (Lipinski definition) is 6. The molecule has 3 saturated heterocycles. The number of hydrogen-bond donors (Lipinski definition) is 2. The van der Waals surface area contributed by atoms with E-state index in [1.807, 2.05) is 35.2 Å². The van der Waals surface area contributed by atoms with E-state index < -0.39 is 17.4 Å². The molecule has 220 valence electrons. The smallest absolute Gasteiger partial charge is 0.326 e. The van der Waals surface area contributed by atoms with Gasteiger partial charge in [-0.25, -0.2) is 18.6 Å². The first kappa shape index (κ1) is 27.8. The van der Waals surface area contributed by atoms with Crippen LogP contribution >= 0.6 is 0 Å². The van der Waals surface area contributed by atoms with Crippen molar-refractivity contribution in [3.05, 3.63) is 53.2 Å². The van der Waals surface area contributed by atoms with Gasteiger partial charge in [0.1, 0.15) is 11.6 Å². The minimum absolute atomic E-state index is 0.113. The maximum atomic E-state index is 14.1. The maximum absolute atomic E-state index is 14.1. The summed E-state index contributed by atoms with van der Waals surface area (Å²) in [5.41, 5.74) is 8.99. The Morgan fingerprint density at radius 1 is 1.12 bits per heavy atom. The van der Waals surface area contributed by atoms with Crippen LogP contribution in [0, 0.1) is 5.92 Å². The molecule has 2 N–H and O–H groups in total. The summed E-state index contributed by atoms with van der Waals surface area (Å²) < 4.78 is 32.3. The number of anilines is 1. The second-order valence-corrected chi connectivity index (χ2v) is 11.8. The van der Waals surface area contributed by atoms with Crippen LogP contribution in [0.1, 0.15) is 55.3 Å². The predicted molar refractivity (Wildman–Crippen MR) is 150 cm³/mol. The predicted octanol–water partition coefficient (Wildman–Crippen LogP) is 3.69. The average Bonchev–Trinajstić information content (AvgIpc) is 3.59. The number of ether oxygens (including phenoxy) is 1. The molecule has 0 unspecified atom stereocenters. The van der Waals surface area contributed by atoms with Crippen LogP contribution in [0.4, 0.5) is 19.4 Å². The number of carbonyl (C=O) groups is 2. The van der Waals surface area contributed by atoms with E-state index in [2.05, 4.69) is 23.8 Å². The highest BCUT2D eigenvalue weighted by atomic mass is 19.3. The van der Waals surface area contributed by atoms with Crippen LogP contribution < -0.4 is 20.5 Å². The van der Waals surface area contributed by atoms with Crippen molar-refractivity contribution >= 4 is 17.8 Å². The third-order valence-corrected chi connectivity index (χ3v) is 9.27. The molecule has 1 saturated carbocycles. The molecule has 41 heavy (non-hydrogen) atoms. The van der Waals surface area contributed by atoms with Crippen LogP contribution in [0.25, 0.3) is 0 Å². The fourth-order valence-corrected chi connectivity index (χ4v) is 6.82. The Kier molecular flexibility index (Phi) is 7.35. The molecule has 11 heteroatoms. The van der Waals surface area contributed by atoms with Crippen LogP contribution in [0.3, 0.4) is 0 Å². The monoisotopic (exact) mass is 568 g/mol. The summed E-state index contributed by atoms with van der Waals surface area (Å²) >= 11 is 0. The summed E-state index contributed by atoms with van der Waals surface area (Å²) in [6.07, 6.45) is 1.18. The van der Waals surface area contributed by atoms with Gasteiger partial charge in [-0.1, -0.05) is 25.1 Å². The summed E-state index contributed by atoms with van der Waals surface area (Å²) in [6.45, 7) is 5.48. The van der Waals surface area contributed by atoms with Crippen molar-refractivity contribution in [1.29, 1.82) is 0 Å². The van der Waals surface area contributed by atoms with E-state index in [1.54, 1.807) is 16.9 Å². The molecule has 0 atom stereocenters. The number of urea groups is 1. The van der Waals surface area contributed by atoms with Gasteiger partial charge in [-0.3, -0.25) is 20.5 Å². The highest BCUT2D eigenvalue weighted by Gasteiger charge is 2.54. The van der Waals surface area contributed by atoms with E-state index in [-0.39, 0.29) is 24.8 Å². The molecule has 9 nitrogen and oxygen atoms in total. The first-order chi connectivity index (χ1) is 19.7. The SMILES string of the molecule is CCc1nc(N2CC3(CCN(C(=O)C4CC(F)(F)C4)CC3)N(Cc3cccc(OC)c3)C2=O)ccc1C1CNNC1. The minimum atomic E-state index is -2.73. The fourth-order valence-electron chi connectivity index (χ4n) is 6.82. The van der Waals surface area contributed by atoms with Gasteiger partial charge in [0.15, 0.2) is 0 Å². The Bertz CT molecular complexity index is 1300. The lowest BCUT2D eigenvalue weighted by molar-refractivity contribution is -0.161. The third kappa shape index (κ3) is 5.25. The third-order valence-electron chi connectivity index (χ3n) is 9.27. The Morgan fingerprint density at radius 3 is 2.51 bits per heavy atom. The summed E-state index contributed by atoms with van der Waals surface area (Å²) in [6, 6.07) is 11.6. The Morgan fingerprint density at radius 2 is 1.85 bits per heavy atom. The summed E-state index contributed by atoms with van der Waals surface area (Å²) in [7, 11) is 1.62. The molecule has 4 aliphatic rings. The van der Waals surface area contributed by atoms with Crippen LogP contribution in [0.15, 0.2) is 36.4 Å². The van der Waals surface area contributed by atoms with Gasteiger partial charge in [0.25, 0.3) is 0 Å². The van der Waals surface area contributed by atoms with E-state index in [0.717, 1.165) is 36.5 Å². The van der Waals surface area contributed by atoms with Crippen molar-refractivity contribution in [2.45, 2.75) is 63.0 Å². The number of carbonyl (C=O) groups excluding carboxylic acids is 2. The number of nitrogens with one attached hydrogen (secondary N) is 2. The van der Waals surface area contributed by atoms with Gasteiger partial charge in [-0.2, -0.15) is 0 Å². The van der Waals surface area contributed by atoms with Crippen LogP contribution in [0.5, 0.6) is 5.75 Å². The molecule has 1 aromatic heterocycles. The standard InChI is InChI=1S/C30H38F2N6O3/c1-3-25-24(22-16-33-34-17-22)7-8-26(35-25)37-19-29(38(28(37)40)18-20-5-4-6-23(13-20)41-2)9-11-36(12-10-29)27(39)21-14-30(31,32)15-21/h4-8,13,21-22,33-34H,3,9-12,14-19H2,1-2H3. The lowest BCUT2D eigenvalue weighted by Gasteiger charge is -2.45. The van der Waals surface area contributed by atoms with E-state index in [4.69, 9.17) is 9.72 Å². The van der Waals surface area contributed by atoms with E-state index in [9.17, 15) is 18.4 Å². The van der Waals surface area contributed by atoms with Gasteiger partial charge in [0.2, 0.25) is 11.8 Å². The van der Waals surface area contributed by atoms with Crippen LogP contribution in [0.2, 0.25) is 0 Å². The first-order valence-corrected chi connectivity index (χ1v) is 14.6. The topological polar surface area (TPSA) is 90.0 Å². The molecule has 6 rings (SSSR count). The van der Waals surface area contributed by atoms with Gasteiger partial charge in [0.05, 0.1) is 19.2 Å². The molecular formula is C30H38F2N6O3. The number of nitrogens with zero attached hydrogens (tertiary/aromatic N) is 4. The zero-order valence-corrected chi connectivity index (χ0v) is 23.7. The number of aryl methyl sites for hydroxylation is 1. The lowest BCUT2D eigenvalue weighted by atomic mass is 9.79. The zero-order chi connectivity index (χ0) is 28.8. The number of halogens is 2. The average molecular weight is 569 g/mol. The summed E-state index contributed by atoms with van der Waals surface area (Å²) in [5.74, 6) is -1.83. The molecule has 3 amide bonds. The van der Waals surface area contributed by atoms with Gasteiger partial charge in [-0.05, 0) is 48.6 Å². The van der Waals surface area contributed by atoms with Crippen molar-refractivity contribution in [2.24, 2.45) is 5.92 Å². The molecule has 0 bridgehead atoms. The maximum Gasteiger partial charge on any atom is 0.326 e. The van der Waals surface area contributed by atoms with Crippen molar-refractivity contribution < 1.29 is 23.1 Å². The van der Waals surface area contributed by atoms with E-state index >= 15 is 0 Å². The molecule has 2 aromatic rings. The van der Waals surface area contributed by atoms with Gasteiger partial charge < -0.3 is 14.5 Å². The molecule has 1 aliphatic carbocycles.